The van der Waals surface area contributed by atoms with Crippen molar-refractivity contribution in [1.82, 2.24) is 5.32 Å². The Balaban J connectivity index is 1.65. The van der Waals surface area contributed by atoms with Crippen molar-refractivity contribution in [3.05, 3.63) is 83.9 Å². The molecule has 0 aliphatic carbocycles. The smallest absolute Gasteiger partial charge is 0.127 e. The first kappa shape index (κ1) is 18.3. The predicted molar refractivity (Wildman–Crippen MR) is 117 cm³/mol. The average Bonchev–Trinajstić information content (AvgIpc) is 2.79. The van der Waals surface area contributed by atoms with Gasteiger partial charge in [-0.1, -0.05) is 60.7 Å². The van der Waals surface area contributed by atoms with Gasteiger partial charge < -0.3 is 14.8 Å². The van der Waals surface area contributed by atoms with Crippen molar-refractivity contribution in [1.29, 1.82) is 0 Å². The first-order valence-electron chi connectivity index (χ1n) is 10.5. The number of piperidine rings is 1. The highest BCUT2D eigenvalue weighted by atomic mass is 16.5. The van der Waals surface area contributed by atoms with Crippen LogP contribution in [0.1, 0.15) is 36.3 Å². The first-order valence-corrected chi connectivity index (χ1v) is 10.5. The zero-order valence-corrected chi connectivity index (χ0v) is 16.9. The van der Waals surface area contributed by atoms with E-state index in [9.17, 15) is 0 Å². The number of nitrogens with one attached hydrogen (secondary N) is 1. The van der Waals surface area contributed by atoms with Crippen molar-refractivity contribution in [3.63, 3.8) is 0 Å². The second-order valence-corrected chi connectivity index (χ2v) is 8.15. The van der Waals surface area contributed by atoms with E-state index in [1.807, 2.05) is 0 Å². The van der Waals surface area contributed by atoms with Gasteiger partial charge in [0, 0.05) is 17.5 Å². The van der Waals surface area contributed by atoms with Crippen molar-refractivity contribution < 1.29 is 9.47 Å². The lowest BCUT2D eigenvalue weighted by atomic mass is 9.73. The summed E-state index contributed by atoms with van der Waals surface area (Å²) in [7, 11) is 1.72. The molecular weight excluding hydrogens is 358 g/mol. The second-order valence-electron chi connectivity index (χ2n) is 8.15. The molecule has 1 spiro atoms. The predicted octanol–water partition coefficient (Wildman–Crippen LogP) is 5.40. The van der Waals surface area contributed by atoms with Crippen molar-refractivity contribution >= 4 is 0 Å². The minimum Gasteiger partial charge on any atom is -0.497 e. The highest BCUT2D eigenvalue weighted by Gasteiger charge is 2.42. The topological polar surface area (TPSA) is 30.5 Å². The molecule has 3 aromatic rings. The maximum Gasteiger partial charge on any atom is 0.127 e. The summed E-state index contributed by atoms with van der Waals surface area (Å²) >= 11 is 0. The standard InChI is InChI=1S/C26H27NO2/c1-28-20-11-12-23-24(18-26(29-25(23)17-20)13-15-27-16-14-26)22-10-6-5-9-21(22)19-7-3-2-4-8-19/h2-12,17,24,27H,13-16,18H2,1H3. The van der Waals surface area contributed by atoms with E-state index >= 15 is 0 Å². The van der Waals surface area contributed by atoms with Crippen LogP contribution in [0.25, 0.3) is 11.1 Å². The number of hydrogen-bond donors (Lipinski definition) is 1. The van der Waals surface area contributed by atoms with Crippen LogP contribution >= 0.6 is 0 Å². The zero-order valence-electron chi connectivity index (χ0n) is 16.9. The van der Waals surface area contributed by atoms with E-state index in [1.165, 1.54) is 22.3 Å². The lowest BCUT2D eigenvalue weighted by Gasteiger charge is -2.45. The first-order chi connectivity index (χ1) is 14.3. The van der Waals surface area contributed by atoms with Gasteiger partial charge in [-0.3, -0.25) is 0 Å². The van der Waals surface area contributed by atoms with Crippen LogP contribution in [0.5, 0.6) is 11.5 Å². The zero-order chi connectivity index (χ0) is 19.7. The second kappa shape index (κ2) is 7.57. The van der Waals surface area contributed by atoms with E-state index in [0.29, 0.717) is 5.92 Å². The third kappa shape index (κ3) is 3.40. The average molecular weight is 386 g/mol. The summed E-state index contributed by atoms with van der Waals surface area (Å²) < 4.78 is 12.2. The third-order valence-electron chi connectivity index (χ3n) is 6.43. The highest BCUT2D eigenvalue weighted by Crippen LogP contribution is 2.50. The van der Waals surface area contributed by atoms with Crippen molar-refractivity contribution in [2.24, 2.45) is 0 Å². The van der Waals surface area contributed by atoms with Crippen LogP contribution in [0.3, 0.4) is 0 Å². The molecular formula is C26H27NO2. The molecule has 1 fully saturated rings. The quantitative estimate of drug-likeness (QED) is 0.655. The lowest BCUT2D eigenvalue weighted by molar-refractivity contribution is 0.0113. The molecule has 3 heteroatoms. The molecule has 0 bridgehead atoms. The molecule has 1 saturated heterocycles. The van der Waals surface area contributed by atoms with Gasteiger partial charge >= 0.3 is 0 Å². The molecule has 1 atom stereocenters. The Labute approximate surface area is 172 Å². The maximum atomic E-state index is 6.68. The minimum atomic E-state index is -0.112. The van der Waals surface area contributed by atoms with Crippen LogP contribution in [-0.2, 0) is 0 Å². The van der Waals surface area contributed by atoms with E-state index in [-0.39, 0.29) is 5.60 Å². The van der Waals surface area contributed by atoms with E-state index < -0.39 is 0 Å². The molecule has 2 aliphatic heterocycles. The highest BCUT2D eigenvalue weighted by molar-refractivity contribution is 5.69. The molecule has 3 nitrogen and oxygen atoms in total. The molecule has 1 unspecified atom stereocenters. The number of fused-ring (bicyclic) bond motifs is 1. The molecule has 2 heterocycles. The molecule has 0 saturated carbocycles. The van der Waals surface area contributed by atoms with E-state index in [0.717, 1.165) is 43.9 Å². The number of ether oxygens (including phenoxy) is 2. The number of rotatable bonds is 3. The molecule has 148 valence electrons. The molecule has 0 radical (unpaired) electrons. The summed E-state index contributed by atoms with van der Waals surface area (Å²) in [6.45, 7) is 2.01. The lowest BCUT2D eigenvalue weighted by Crippen LogP contribution is -2.49. The van der Waals surface area contributed by atoms with Crippen LogP contribution in [0.4, 0.5) is 0 Å². The summed E-state index contributed by atoms with van der Waals surface area (Å²) in [6.07, 6.45) is 3.08. The van der Waals surface area contributed by atoms with E-state index in [4.69, 9.17) is 9.47 Å². The molecule has 5 rings (SSSR count). The Morgan fingerprint density at radius 1 is 0.897 bits per heavy atom. The van der Waals surface area contributed by atoms with E-state index in [2.05, 4.69) is 78.1 Å². The number of methoxy groups -OCH3 is 1. The fourth-order valence-electron chi connectivity index (χ4n) is 4.92. The van der Waals surface area contributed by atoms with Crippen molar-refractivity contribution in [2.75, 3.05) is 20.2 Å². The Bertz CT molecular complexity index is 993. The molecule has 29 heavy (non-hydrogen) atoms. The van der Waals surface area contributed by atoms with Gasteiger partial charge in [0.05, 0.1) is 7.11 Å². The van der Waals surface area contributed by atoms with Crippen LogP contribution in [0.2, 0.25) is 0 Å². The summed E-state index contributed by atoms with van der Waals surface area (Å²) in [4.78, 5) is 0. The summed E-state index contributed by atoms with van der Waals surface area (Å²) in [5.41, 5.74) is 5.11. The van der Waals surface area contributed by atoms with Gasteiger partial charge in [-0.15, -0.1) is 0 Å². The summed E-state index contributed by atoms with van der Waals surface area (Å²) in [6, 6.07) is 25.9. The summed E-state index contributed by atoms with van der Waals surface area (Å²) in [5, 5.41) is 3.49. The van der Waals surface area contributed by atoms with Crippen LogP contribution in [0, 0.1) is 0 Å². The molecule has 1 N–H and O–H groups in total. The molecule has 3 aromatic carbocycles. The van der Waals surface area contributed by atoms with Gasteiger partial charge in [-0.25, -0.2) is 0 Å². The maximum absolute atomic E-state index is 6.68. The van der Waals surface area contributed by atoms with Crippen molar-refractivity contribution in [2.45, 2.75) is 30.8 Å². The Kier molecular flexibility index (Phi) is 4.76. The van der Waals surface area contributed by atoms with Crippen molar-refractivity contribution in [3.8, 4) is 22.6 Å². The molecule has 0 amide bonds. The normalized spacial score (nSPS) is 20.0. The fourth-order valence-corrected chi connectivity index (χ4v) is 4.92. The van der Waals surface area contributed by atoms with E-state index in [1.54, 1.807) is 7.11 Å². The van der Waals surface area contributed by atoms with Crippen LogP contribution < -0.4 is 14.8 Å². The van der Waals surface area contributed by atoms with Crippen LogP contribution in [-0.4, -0.2) is 25.8 Å². The monoisotopic (exact) mass is 385 g/mol. The van der Waals surface area contributed by atoms with Gasteiger partial charge in [-0.2, -0.15) is 0 Å². The van der Waals surface area contributed by atoms with Crippen LogP contribution in [0.15, 0.2) is 72.8 Å². The number of benzene rings is 3. The van der Waals surface area contributed by atoms with Gasteiger partial charge in [-0.05, 0) is 55.1 Å². The van der Waals surface area contributed by atoms with Gasteiger partial charge in [0.25, 0.3) is 0 Å². The van der Waals surface area contributed by atoms with Gasteiger partial charge in [0.15, 0.2) is 0 Å². The summed E-state index contributed by atoms with van der Waals surface area (Å²) in [5.74, 6) is 2.13. The van der Waals surface area contributed by atoms with Gasteiger partial charge in [0.1, 0.15) is 17.1 Å². The fraction of sp³-hybridized carbons (Fsp3) is 0.308. The molecule has 0 aromatic heterocycles. The third-order valence-corrected chi connectivity index (χ3v) is 6.43. The van der Waals surface area contributed by atoms with Gasteiger partial charge in [0.2, 0.25) is 0 Å². The molecule has 2 aliphatic rings. The minimum absolute atomic E-state index is 0.112. The Hall–Kier alpha value is -2.78. The SMILES string of the molecule is COc1ccc2c(c1)OC1(CCNCC1)CC2c1ccccc1-c1ccccc1. The number of hydrogen-bond acceptors (Lipinski definition) is 3. The largest absolute Gasteiger partial charge is 0.497 e. The Morgan fingerprint density at radius 3 is 2.45 bits per heavy atom. The Morgan fingerprint density at radius 2 is 1.66 bits per heavy atom.